The molecule has 72 valence electrons. The number of hydrogen-bond donors (Lipinski definition) is 1. The van der Waals surface area contributed by atoms with Crippen LogP contribution in [0.1, 0.15) is 52.9 Å². The van der Waals surface area contributed by atoms with E-state index in [0.29, 0.717) is 11.5 Å². The van der Waals surface area contributed by atoms with E-state index >= 15 is 0 Å². The second kappa shape index (κ2) is 3.78. The van der Waals surface area contributed by atoms with Crippen molar-refractivity contribution in [2.75, 3.05) is 0 Å². The third-order valence-corrected chi connectivity index (χ3v) is 3.73. The molecule has 0 aromatic heterocycles. The van der Waals surface area contributed by atoms with Gasteiger partial charge in [0.2, 0.25) is 0 Å². The van der Waals surface area contributed by atoms with E-state index in [0.717, 1.165) is 5.92 Å². The first-order valence-electron chi connectivity index (χ1n) is 5.33. The van der Waals surface area contributed by atoms with Gasteiger partial charge in [0.25, 0.3) is 0 Å². The minimum atomic E-state index is 0.458. The molecule has 1 rings (SSSR count). The monoisotopic (exact) mass is 169 g/mol. The van der Waals surface area contributed by atoms with Crippen LogP contribution in [0.2, 0.25) is 0 Å². The minimum absolute atomic E-state index is 0.458. The maximum Gasteiger partial charge on any atom is 0.00722 e. The Hall–Kier alpha value is -0.0400. The van der Waals surface area contributed by atoms with E-state index in [1.54, 1.807) is 0 Å². The number of hydrogen-bond acceptors (Lipinski definition) is 1. The molecule has 12 heavy (non-hydrogen) atoms. The zero-order chi connectivity index (χ0) is 9.19. The van der Waals surface area contributed by atoms with Gasteiger partial charge in [-0.25, -0.2) is 0 Å². The topological polar surface area (TPSA) is 26.0 Å². The lowest BCUT2D eigenvalue weighted by Crippen LogP contribution is -2.41. The van der Waals surface area contributed by atoms with E-state index in [1.807, 2.05) is 0 Å². The standard InChI is InChI=1S/C11H23N/c1-4-11(2,3)9-7-5-6-8-10(9)12/h9-10H,4-8,12H2,1-3H3/t9?,10-/m0/s1. The quantitative estimate of drug-likeness (QED) is 0.675. The molecule has 0 spiro atoms. The summed E-state index contributed by atoms with van der Waals surface area (Å²) in [4.78, 5) is 0. The van der Waals surface area contributed by atoms with Crippen molar-refractivity contribution < 1.29 is 0 Å². The Bertz CT molecular complexity index is 140. The average molecular weight is 169 g/mol. The van der Waals surface area contributed by atoms with Gasteiger partial charge >= 0.3 is 0 Å². The fourth-order valence-corrected chi connectivity index (χ4v) is 2.39. The molecule has 1 nitrogen and oxygen atoms in total. The van der Waals surface area contributed by atoms with Crippen molar-refractivity contribution in [1.29, 1.82) is 0 Å². The molecule has 1 aliphatic rings. The van der Waals surface area contributed by atoms with Crippen LogP contribution in [0, 0.1) is 11.3 Å². The molecule has 1 saturated carbocycles. The molecule has 1 unspecified atom stereocenters. The van der Waals surface area contributed by atoms with E-state index in [4.69, 9.17) is 5.73 Å². The highest BCUT2D eigenvalue weighted by atomic mass is 14.7. The lowest BCUT2D eigenvalue weighted by molar-refractivity contribution is 0.129. The van der Waals surface area contributed by atoms with Crippen molar-refractivity contribution >= 4 is 0 Å². The third-order valence-electron chi connectivity index (χ3n) is 3.73. The smallest absolute Gasteiger partial charge is 0.00722 e. The summed E-state index contributed by atoms with van der Waals surface area (Å²) in [6, 6.07) is 0.466. The second-order valence-electron chi connectivity index (χ2n) is 4.90. The average Bonchev–Trinajstić information content (AvgIpc) is 2.05. The molecule has 2 atom stereocenters. The summed E-state index contributed by atoms with van der Waals surface area (Å²) in [6.07, 6.45) is 6.58. The SMILES string of the molecule is CCC(C)(C)C1CCCC[C@@H]1N. The molecule has 0 bridgehead atoms. The largest absolute Gasteiger partial charge is 0.327 e. The van der Waals surface area contributed by atoms with Crippen molar-refractivity contribution in [2.45, 2.75) is 58.9 Å². The number of rotatable bonds is 2. The van der Waals surface area contributed by atoms with Gasteiger partial charge < -0.3 is 5.73 Å². The number of nitrogens with two attached hydrogens (primary N) is 1. The molecule has 1 heteroatoms. The summed E-state index contributed by atoms with van der Waals surface area (Å²) in [6.45, 7) is 7.01. The third kappa shape index (κ3) is 2.01. The van der Waals surface area contributed by atoms with Gasteiger partial charge in [0.05, 0.1) is 0 Å². The van der Waals surface area contributed by atoms with Gasteiger partial charge in [-0.05, 0) is 24.2 Å². The van der Waals surface area contributed by atoms with Crippen LogP contribution in [-0.2, 0) is 0 Å². The first-order valence-corrected chi connectivity index (χ1v) is 5.33. The molecule has 0 heterocycles. The molecular formula is C11H23N. The highest BCUT2D eigenvalue weighted by Crippen LogP contribution is 2.39. The molecule has 1 fully saturated rings. The first kappa shape index (κ1) is 10.0. The highest BCUT2D eigenvalue weighted by Gasteiger charge is 2.33. The lowest BCUT2D eigenvalue weighted by atomic mass is 9.67. The van der Waals surface area contributed by atoms with E-state index in [9.17, 15) is 0 Å². The molecule has 0 aromatic carbocycles. The maximum absolute atomic E-state index is 6.14. The Balaban J connectivity index is 2.58. The highest BCUT2D eigenvalue weighted by molar-refractivity contribution is 4.87. The van der Waals surface area contributed by atoms with E-state index in [2.05, 4.69) is 20.8 Å². The molecule has 0 aromatic rings. The summed E-state index contributed by atoms with van der Waals surface area (Å²) in [5.41, 5.74) is 6.60. The van der Waals surface area contributed by atoms with Gasteiger partial charge in [0.1, 0.15) is 0 Å². The summed E-state index contributed by atoms with van der Waals surface area (Å²) in [5, 5.41) is 0. The van der Waals surface area contributed by atoms with Crippen molar-refractivity contribution in [3.05, 3.63) is 0 Å². The van der Waals surface area contributed by atoms with Gasteiger partial charge in [-0.3, -0.25) is 0 Å². The van der Waals surface area contributed by atoms with Crippen LogP contribution in [0.25, 0.3) is 0 Å². The maximum atomic E-state index is 6.14. The van der Waals surface area contributed by atoms with Crippen molar-refractivity contribution in [1.82, 2.24) is 0 Å². The van der Waals surface area contributed by atoms with Crippen molar-refractivity contribution in [3.63, 3.8) is 0 Å². The predicted molar refractivity (Wildman–Crippen MR) is 54.0 cm³/mol. The Morgan fingerprint density at radius 1 is 1.25 bits per heavy atom. The predicted octanol–water partition coefficient (Wildman–Crippen LogP) is 2.94. The zero-order valence-corrected chi connectivity index (χ0v) is 8.77. The normalized spacial score (nSPS) is 32.0. The van der Waals surface area contributed by atoms with Gasteiger partial charge in [-0.15, -0.1) is 0 Å². The van der Waals surface area contributed by atoms with Crippen LogP contribution in [0.3, 0.4) is 0 Å². The molecule has 0 aliphatic heterocycles. The van der Waals surface area contributed by atoms with E-state index < -0.39 is 0 Å². The van der Waals surface area contributed by atoms with Gasteiger partial charge in [-0.1, -0.05) is 40.0 Å². The summed E-state index contributed by atoms with van der Waals surface area (Å²) >= 11 is 0. The molecule has 0 saturated heterocycles. The van der Waals surface area contributed by atoms with Crippen LogP contribution in [-0.4, -0.2) is 6.04 Å². The zero-order valence-electron chi connectivity index (χ0n) is 8.77. The van der Waals surface area contributed by atoms with Gasteiger partial charge in [-0.2, -0.15) is 0 Å². The van der Waals surface area contributed by atoms with Crippen molar-refractivity contribution in [3.8, 4) is 0 Å². The molecule has 0 amide bonds. The van der Waals surface area contributed by atoms with E-state index in [1.165, 1.54) is 32.1 Å². The van der Waals surface area contributed by atoms with Crippen LogP contribution in [0.4, 0.5) is 0 Å². The van der Waals surface area contributed by atoms with Crippen LogP contribution in [0.5, 0.6) is 0 Å². The fourth-order valence-electron chi connectivity index (χ4n) is 2.39. The van der Waals surface area contributed by atoms with Crippen LogP contribution < -0.4 is 5.73 Å². The van der Waals surface area contributed by atoms with Crippen molar-refractivity contribution in [2.24, 2.45) is 17.1 Å². The molecule has 2 N–H and O–H groups in total. The lowest BCUT2D eigenvalue weighted by Gasteiger charge is -2.40. The Kier molecular flexibility index (Phi) is 3.16. The van der Waals surface area contributed by atoms with Gasteiger partial charge in [0.15, 0.2) is 0 Å². The Morgan fingerprint density at radius 3 is 2.33 bits per heavy atom. The fraction of sp³-hybridized carbons (Fsp3) is 1.00. The first-order chi connectivity index (χ1) is 5.58. The molecule has 0 radical (unpaired) electrons. The minimum Gasteiger partial charge on any atom is -0.327 e. The summed E-state index contributed by atoms with van der Waals surface area (Å²) < 4.78 is 0. The Labute approximate surface area is 76.7 Å². The van der Waals surface area contributed by atoms with E-state index in [-0.39, 0.29) is 0 Å². The van der Waals surface area contributed by atoms with Crippen LogP contribution in [0.15, 0.2) is 0 Å². The summed E-state index contributed by atoms with van der Waals surface area (Å²) in [7, 11) is 0. The second-order valence-corrected chi connectivity index (χ2v) is 4.90. The molecular weight excluding hydrogens is 146 g/mol. The van der Waals surface area contributed by atoms with Gasteiger partial charge in [0, 0.05) is 6.04 Å². The summed E-state index contributed by atoms with van der Waals surface area (Å²) in [5.74, 6) is 0.760. The van der Waals surface area contributed by atoms with Crippen LogP contribution >= 0.6 is 0 Å². The molecule has 1 aliphatic carbocycles. The Morgan fingerprint density at radius 2 is 1.83 bits per heavy atom.